The van der Waals surface area contributed by atoms with Gasteiger partial charge in [-0.15, -0.1) is 0 Å². The van der Waals surface area contributed by atoms with Gasteiger partial charge in [-0.05, 0) is 36.4 Å². The number of anilines is 1. The molecule has 186 valence electrons. The highest BCUT2D eigenvalue weighted by Gasteiger charge is 2.36. The third-order valence-corrected chi connectivity index (χ3v) is 6.49. The Morgan fingerprint density at radius 2 is 1.64 bits per heavy atom. The number of carbonyl (C=O) groups is 1. The molecule has 0 unspecified atom stereocenters. The summed E-state index contributed by atoms with van der Waals surface area (Å²) >= 11 is 0. The fraction of sp³-hybridized carbons (Fsp3) is 0.286. The van der Waals surface area contributed by atoms with Gasteiger partial charge in [0.05, 0.1) is 44.6 Å². The van der Waals surface area contributed by atoms with E-state index in [9.17, 15) is 4.79 Å². The highest BCUT2D eigenvalue weighted by molar-refractivity contribution is 5.98. The van der Waals surface area contributed by atoms with E-state index in [0.29, 0.717) is 54.8 Å². The van der Waals surface area contributed by atoms with Gasteiger partial charge in [-0.3, -0.25) is 4.79 Å². The van der Waals surface area contributed by atoms with Gasteiger partial charge in [0.1, 0.15) is 23.9 Å². The van der Waals surface area contributed by atoms with E-state index in [-0.39, 0.29) is 11.8 Å². The first-order chi connectivity index (χ1) is 17.6. The lowest BCUT2D eigenvalue weighted by Gasteiger charge is -2.20. The van der Waals surface area contributed by atoms with Gasteiger partial charge in [0.2, 0.25) is 5.91 Å². The Kier molecular flexibility index (Phi) is 6.66. The lowest BCUT2D eigenvalue weighted by molar-refractivity contribution is -0.117. The summed E-state index contributed by atoms with van der Waals surface area (Å²) in [5, 5.41) is 0. The van der Waals surface area contributed by atoms with Gasteiger partial charge in [0.25, 0.3) is 0 Å². The van der Waals surface area contributed by atoms with Crippen LogP contribution in [0, 0.1) is 0 Å². The van der Waals surface area contributed by atoms with E-state index < -0.39 is 0 Å². The van der Waals surface area contributed by atoms with Crippen LogP contribution in [0.2, 0.25) is 0 Å². The normalized spacial score (nSPS) is 15.4. The molecule has 3 aromatic carbocycles. The minimum atomic E-state index is -0.0768. The first-order valence-electron chi connectivity index (χ1n) is 11.9. The van der Waals surface area contributed by atoms with Crippen LogP contribution in [-0.4, -0.2) is 49.9 Å². The first kappa shape index (κ1) is 23.5. The molecule has 0 bridgehead atoms. The molecule has 1 amide bonds. The third-order valence-electron chi connectivity index (χ3n) is 6.49. The number of rotatable bonds is 9. The number of aromatic nitrogens is 2. The lowest BCUT2D eigenvalue weighted by Crippen LogP contribution is -2.25. The van der Waals surface area contributed by atoms with Crippen molar-refractivity contribution >= 4 is 22.6 Å². The Morgan fingerprint density at radius 3 is 2.42 bits per heavy atom. The van der Waals surface area contributed by atoms with E-state index in [1.165, 1.54) is 0 Å². The highest BCUT2D eigenvalue weighted by Crippen LogP contribution is 2.39. The maximum atomic E-state index is 13.2. The van der Waals surface area contributed by atoms with Crippen LogP contribution in [0.3, 0.4) is 0 Å². The van der Waals surface area contributed by atoms with E-state index in [4.69, 9.17) is 23.9 Å². The fourth-order valence-electron chi connectivity index (χ4n) is 4.75. The fourth-order valence-corrected chi connectivity index (χ4v) is 4.75. The number of nitrogens with zero attached hydrogens (tertiary/aromatic N) is 3. The van der Waals surface area contributed by atoms with Crippen LogP contribution >= 0.6 is 0 Å². The van der Waals surface area contributed by atoms with Gasteiger partial charge in [0.15, 0.2) is 11.5 Å². The molecule has 0 spiro atoms. The Bertz CT molecular complexity index is 1380. The highest BCUT2D eigenvalue weighted by atomic mass is 16.5. The Hall–Kier alpha value is -4.20. The molecule has 36 heavy (non-hydrogen) atoms. The smallest absolute Gasteiger partial charge is 0.227 e. The maximum absolute atomic E-state index is 13.2. The molecule has 1 fully saturated rings. The predicted molar refractivity (Wildman–Crippen MR) is 137 cm³/mol. The second-order valence-electron chi connectivity index (χ2n) is 8.55. The maximum Gasteiger partial charge on any atom is 0.227 e. The van der Waals surface area contributed by atoms with Crippen molar-refractivity contribution in [1.82, 2.24) is 9.55 Å². The number of hydrogen-bond acceptors (Lipinski definition) is 6. The summed E-state index contributed by atoms with van der Waals surface area (Å²) in [5.74, 6) is 3.50. The summed E-state index contributed by atoms with van der Waals surface area (Å²) < 4.78 is 24.5. The van der Waals surface area contributed by atoms with Crippen molar-refractivity contribution < 1.29 is 23.7 Å². The van der Waals surface area contributed by atoms with E-state index in [0.717, 1.165) is 16.9 Å². The summed E-state index contributed by atoms with van der Waals surface area (Å²) in [5.41, 5.74) is 2.61. The molecular formula is C28H29N3O5. The van der Waals surface area contributed by atoms with Gasteiger partial charge < -0.3 is 28.4 Å². The Balaban J connectivity index is 1.42. The summed E-state index contributed by atoms with van der Waals surface area (Å²) in [7, 11) is 4.84. The number of amides is 1. The van der Waals surface area contributed by atoms with Crippen molar-refractivity contribution in [1.29, 1.82) is 0 Å². The SMILES string of the molecule is COc1ccc(OC)c(N2C[C@@H](c3nc4ccccc4n3CCOc3ccccc3OC)CC2=O)c1. The van der Waals surface area contributed by atoms with E-state index in [1.807, 2.05) is 60.7 Å². The van der Waals surface area contributed by atoms with Crippen LogP contribution in [0.4, 0.5) is 5.69 Å². The number of carbonyl (C=O) groups excluding carboxylic acids is 1. The standard InChI is InChI=1S/C28H29N3O5/c1-33-20-12-13-24(34-2)23(17-20)31-18-19(16-27(31)32)28-29-21-8-4-5-9-22(21)30(28)14-15-36-26-11-7-6-10-25(26)35-3/h4-13,17,19H,14-16,18H2,1-3H3/t19-/m0/s1. The van der Waals surface area contributed by atoms with Crippen molar-refractivity contribution in [3.63, 3.8) is 0 Å². The van der Waals surface area contributed by atoms with E-state index in [1.54, 1.807) is 26.2 Å². The quantitative estimate of drug-likeness (QED) is 0.342. The zero-order valence-corrected chi connectivity index (χ0v) is 20.6. The van der Waals surface area contributed by atoms with Crippen molar-refractivity contribution in [3.8, 4) is 23.0 Å². The largest absolute Gasteiger partial charge is 0.497 e. The topological polar surface area (TPSA) is 75.1 Å². The minimum absolute atomic E-state index is 0.0235. The van der Waals surface area contributed by atoms with Crippen LogP contribution in [0.25, 0.3) is 11.0 Å². The lowest BCUT2D eigenvalue weighted by atomic mass is 10.1. The van der Waals surface area contributed by atoms with E-state index >= 15 is 0 Å². The summed E-state index contributed by atoms with van der Waals surface area (Å²) in [4.78, 5) is 19.9. The average Bonchev–Trinajstić information content (AvgIpc) is 3.49. The van der Waals surface area contributed by atoms with Gasteiger partial charge in [-0.2, -0.15) is 0 Å². The van der Waals surface area contributed by atoms with Crippen molar-refractivity contribution in [2.24, 2.45) is 0 Å². The summed E-state index contributed by atoms with van der Waals surface area (Å²) in [6.45, 7) is 1.52. The van der Waals surface area contributed by atoms with Crippen molar-refractivity contribution in [2.45, 2.75) is 18.9 Å². The summed E-state index contributed by atoms with van der Waals surface area (Å²) in [6.07, 6.45) is 0.358. The van der Waals surface area contributed by atoms with Crippen LogP contribution in [0.1, 0.15) is 18.2 Å². The molecule has 0 radical (unpaired) electrons. The molecule has 8 nitrogen and oxygen atoms in total. The molecule has 1 aromatic heterocycles. The van der Waals surface area contributed by atoms with Crippen LogP contribution in [-0.2, 0) is 11.3 Å². The number of fused-ring (bicyclic) bond motifs is 1. The molecule has 0 aliphatic carbocycles. The number of methoxy groups -OCH3 is 3. The zero-order chi connectivity index (χ0) is 25.1. The third kappa shape index (κ3) is 4.42. The second kappa shape index (κ2) is 10.2. The molecule has 4 aromatic rings. The number of ether oxygens (including phenoxy) is 4. The zero-order valence-electron chi connectivity index (χ0n) is 20.6. The molecule has 0 N–H and O–H groups in total. The molecular weight excluding hydrogens is 458 g/mol. The predicted octanol–water partition coefficient (Wildman–Crippen LogP) is 4.66. The molecule has 0 saturated carbocycles. The summed E-state index contributed by atoms with van der Waals surface area (Å²) in [6, 6.07) is 21.1. The Morgan fingerprint density at radius 1 is 0.889 bits per heavy atom. The molecule has 5 rings (SSSR count). The number of imidazole rings is 1. The van der Waals surface area contributed by atoms with E-state index in [2.05, 4.69) is 10.6 Å². The van der Waals surface area contributed by atoms with Crippen LogP contribution in [0.5, 0.6) is 23.0 Å². The van der Waals surface area contributed by atoms with Gasteiger partial charge in [-0.1, -0.05) is 24.3 Å². The number of benzene rings is 3. The Labute approximate surface area is 210 Å². The minimum Gasteiger partial charge on any atom is -0.497 e. The number of para-hydroxylation sites is 4. The molecule has 8 heteroatoms. The molecule has 1 saturated heterocycles. The monoisotopic (exact) mass is 487 g/mol. The molecule has 1 aliphatic rings. The molecule has 1 atom stereocenters. The van der Waals surface area contributed by atoms with Gasteiger partial charge >= 0.3 is 0 Å². The van der Waals surface area contributed by atoms with Crippen LogP contribution < -0.4 is 23.8 Å². The number of hydrogen-bond donors (Lipinski definition) is 0. The van der Waals surface area contributed by atoms with Gasteiger partial charge in [0, 0.05) is 24.9 Å². The van der Waals surface area contributed by atoms with Crippen LogP contribution in [0.15, 0.2) is 66.7 Å². The van der Waals surface area contributed by atoms with Crippen molar-refractivity contribution in [3.05, 3.63) is 72.6 Å². The average molecular weight is 488 g/mol. The van der Waals surface area contributed by atoms with Gasteiger partial charge in [-0.25, -0.2) is 4.98 Å². The van der Waals surface area contributed by atoms with Crippen molar-refractivity contribution in [2.75, 3.05) is 39.4 Å². The first-order valence-corrected chi connectivity index (χ1v) is 11.9. The second-order valence-corrected chi connectivity index (χ2v) is 8.55. The molecule has 1 aliphatic heterocycles. The molecule has 2 heterocycles.